The van der Waals surface area contributed by atoms with Crippen LogP contribution < -0.4 is 14.2 Å². The van der Waals surface area contributed by atoms with Gasteiger partial charge in [0.1, 0.15) is 17.2 Å². The van der Waals surface area contributed by atoms with Crippen LogP contribution in [-0.2, 0) is 4.79 Å². The molecular weight excluding hydrogens is 268 g/mol. The first kappa shape index (κ1) is 14.9. The van der Waals surface area contributed by atoms with Crippen molar-refractivity contribution in [1.82, 2.24) is 0 Å². The molecule has 4 heteroatoms. The van der Waals surface area contributed by atoms with Gasteiger partial charge in [0.2, 0.25) is 0 Å². The smallest absolute Gasteiger partial charge is 0.349 e. The highest BCUT2D eigenvalue weighted by molar-refractivity contribution is 5.74. The maximum atomic E-state index is 11.7. The van der Waals surface area contributed by atoms with Crippen LogP contribution in [-0.4, -0.2) is 19.2 Å². The third-order valence-corrected chi connectivity index (χ3v) is 2.81. The first-order valence-electron chi connectivity index (χ1n) is 6.81. The summed E-state index contributed by atoms with van der Waals surface area (Å²) >= 11 is 0. The Kier molecular flexibility index (Phi) is 5.21. The third-order valence-electron chi connectivity index (χ3n) is 2.81. The summed E-state index contributed by atoms with van der Waals surface area (Å²) < 4.78 is 16.0. The fraction of sp³-hybridized carbons (Fsp3) is 0.235. The Balaban J connectivity index is 1.85. The zero-order valence-electron chi connectivity index (χ0n) is 12.2. The highest BCUT2D eigenvalue weighted by atomic mass is 16.6. The Bertz CT molecular complexity index is 590. The number of carbonyl (C=O) groups is 1. The van der Waals surface area contributed by atoms with Crippen LogP contribution in [0.1, 0.15) is 12.5 Å². The van der Waals surface area contributed by atoms with Crippen molar-refractivity contribution in [2.75, 3.05) is 13.2 Å². The van der Waals surface area contributed by atoms with Gasteiger partial charge in [0, 0.05) is 0 Å². The number of hydrogen-bond acceptors (Lipinski definition) is 4. The van der Waals surface area contributed by atoms with Gasteiger partial charge in [0.25, 0.3) is 0 Å². The lowest BCUT2D eigenvalue weighted by molar-refractivity contribution is -0.136. The highest BCUT2D eigenvalue weighted by Gasteiger charge is 2.08. The van der Waals surface area contributed by atoms with Crippen LogP contribution in [0.5, 0.6) is 17.2 Å². The van der Waals surface area contributed by atoms with E-state index in [0.717, 1.165) is 11.3 Å². The summed E-state index contributed by atoms with van der Waals surface area (Å²) in [7, 11) is 0. The zero-order chi connectivity index (χ0) is 15.1. The number of carbonyl (C=O) groups excluding carboxylic acids is 1. The average Bonchev–Trinajstić information content (AvgIpc) is 2.49. The molecule has 0 atom stereocenters. The number of benzene rings is 2. The Morgan fingerprint density at radius 3 is 2.19 bits per heavy atom. The van der Waals surface area contributed by atoms with Crippen molar-refractivity contribution < 1.29 is 19.0 Å². The molecule has 0 amide bonds. The van der Waals surface area contributed by atoms with Crippen molar-refractivity contribution in [3.05, 3.63) is 54.1 Å². The van der Waals surface area contributed by atoms with E-state index in [1.165, 1.54) is 0 Å². The second kappa shape index (κ2) is 7.33. The standard InChI is InChI=1S/C17H18O4/c1-3-19-14-8-10-15(11-9-14)20-12-17(18)21-16-7-5-4-6-13(16)2/h4-11H,3,12H2,1-2H3. The van der Waals surface area contributed by atoms with E-state index >= 15 is 0 Å². The summed E-state index contributed by atoms with van der Waals surface area (Å²) in [6, 6.07) is 14.5. The molecule has 0 unspecified atom stereocenters. The summed E-state index contributed by atoms with van der Waals surface area (Å²) in [6.07, 6.45) is 0. The fourth-order valence-corrected chi connectivity index (χ4v) is 1.76. The van der Waals surface area contributed by atoms with Gasteiger partial charge in [0.05, 0.1) is 6.61 Å². The van der Waals surface area contributed by atoms with Gasteiger partial charge in [-0.1, -0.05) is 18.2 Å². The zero-order valence-corrected chi connectivity index (χ0v) is 12.2. The van der Waals surface area contributed by atoms with Gasteiger partial charge in [0.15, 0.2) is 6.61 Å². The molecule has 0 aliphatic carbocycles. The largest absolute Gasteiger partial charge is 0.494 e. The summed E-state index contributed by atoms with van der Waals surface area (Å²) in [5, 5.41) is 0. The molecule has 21 heavy (non-hydrogen) atoms. The minimum Gasteiger partial charge on any atom is -0.494 e. The van der Waals surface area contributed by atoms with Crippen LogP contribution in [0.15, 0.2) is 48.5 Å². The van der Waals surface area contributed by atoms with Crippen LogP contribution >= 0.6 is 0 Å². The Hall–Kier alpha value is -2.49. The maximum Gasteiger partial charge on any atom is 0.349 e. The minimum absolute atomic E-state index is 0.137. The lowest BCUT2D eigenvalue weighted by Crippen LogP contribution is -2.18. The van der Waals surface area contributed by atoms with E-state index in [2.05, 4.69) is 0 Å². The van der Waals surface area contributed by atoms with Crippen LogP contribution in [0.25, 0.3) is 0 Å². The lowest BCUT2D eigenvalue weighted by atomic mass is 10.2. The molecule has 0 N–H and O–H groups in total. The molecule has 0 bridgehead atoms. The Morgan fingerprint density at radius 2 is 1.57 bits per heavy atom. The van der Waals surface area contributed by atoms with Gasteiger partial charge >= 0.3 is 5.97 Å². The quantitative estimate of drug-likeness (QED) is 0.603. The monoisotopic (exact) mass is 286 g/mol. The summed E-state index contributed by atoms with van der Waals surface area (Å²) in [5.41, 5.74) is 0.909. The highest BCUT2D eigenvalue weighted by Crippen LogP contribution is 2.18. The molecule has 0 radical (unpaired) electrons. The number of esters is 1. The molecule has 0 aliphatic rings. The summed E-state index contributed by atoms with van der Waals surface area (Å²) in [5.74, 6) is 1.49. The Morgan fingerprint density at radius 1 is 0.952 bits per heavy atom. The van der Waals surface area contributed by atoms with Crippen molar-refractivity contribution in [3.8, 4) is 17.2 Å². The summed E-state index contributed by atoms with van der Waals surface area (Å²) in [6.45, 7) is 4.28. The molecule has 2 rings (SSSR count). The van der Waals surface area contributed by atoms with E-state index < -0.39 is 5.97 Å². The van der Waals surface area contributed by atoms with Gasteiger partial charge in [-0.2, -0.15) is 0 Å². The molecule has 0 aromatic heterocycles. The second-order valence-corrected chi connectivity index (χ2v) is 4.43. The summed E-state index contributed by atoms with van der Waals surface area (Å²) in [4.78, 5) is 11.7. The predicted molar refractivity (Wildman–Crippen MR) is 79.9 cm³/mol. The van der Waals surface area contributed by atoms with Crippen molar-refractivity contribution in [1.29, 1.82) is 0 Å². The molecule has 0 saturated heterocycles. The third kappa shape index (κ3) is 4.53. The van der Waals surface area contributed by atoms with Gasteiger partial charge in [-0.15, -0.1) is 0 Å². The van der Waals surface area contributed by atoms with Crippen molar-refractivity contribution in [3.63, 3.8) is 0 Å². The van der Waals surface area contributed by atoms with E-state index in [1.807, 2.05) is 32.0 Å². The molecule has 0 spiro atoms. The molecule has 0 saturated carbocycles. The molecule has 4 nitrogen and oxygen atoms in total. The van der Waals surface area contributed by atoms with Crippen molar-refractivity contribution in [2.24, 2.45) is 0 Å². The fourth-order valence-electron chi connectivity index (χ4n) is 1.76. The molecular formula is C17H18O4. The molecule has 0 heterocycles. The van der Waals surface area contributed by atoms with E-state index in [1.54, 1.807) is 30.3 Å². The molecule has 0 fully saturated rings. The number of aryl methyl sites for hydroxylation is 1. The van der Waals surface area contributed by atoms with Gasteiger partial charge in [-0.25, -0.2) is 4.79 Å². The van der Waals surface area contributed by atoms with Gasteiger partial charge < -0.3 is 14.2 Å². The molecule has 110 valence electrons. The number of para-hydroxylation sites is 1. The van der Waals surface area contributed by atoms with E-state index in [0.29, 0.717) is 18.1 Å². The molecule has 2 aromatic rings. The van der Waals surface area contributed by atoms with Crippen LogP contribution in [0, 0.1) is 6.92 Å². The van der Waals surface area contributed by atoms with Crippen molar-refractivity contribution >= 4 is 5.97 Å². The van der Waals surface area contributed by atoms with Crippen LogP contribution in [0.3, 0.4) is 0 Å². The first-order chi connectivity index (χ1) is 10.2. The van der Waals surface area contributed by atoms with Crippen molar-refractivity contribution in [2.45, 2.75) is 13.8 Å². The topological polar surface area (TPSA) is 44.8 Å². The number of rotatable bonds is 6. The minimum atomic E-state index is -0.432. The average molecular weight is 286 g/mol. The Labute approximate surface area is 124 Å². The number of ether oxygens (including phenoxy) is 3. The van der Waals surface area contributed by atoms with E-state index in [-0.39, 0.29) is 6.61 Å². The van der Waals surface area contributed by atoms with E-state index in [9.17, 15) is 4.79 Å². The maximum absolute atomic E-state index is 11.7. The first-order valence-corrected chi connectivity index (χ1v) is 6.81. The molecule has 2 aromatic carbocycles. The van der Waals surface area contributed by atoms with Gasteiger partial charge in [-0.3, -0.25) is 0 Å². The van der Waals surface area contributed by atoms with Gasteiger partial charge in [-0.05, 0) is 49.7 Å². The SMILES string of the molecule is CCOc1ccc(OCC(=O)Oc2ccccc2C)cc1. The lowest BCUT2D eigenvalue weighted by Gasteiger charge is -2.09. The predicted octanol–water partition coefficient (Wildman–Crippen LogP) is 3.38. The van der Waals surface area contributed by atoms with Crippen LogP contribution in [0.2, 0.25) is 0 Å². The second-order valence-electron chi connectivity index (χ2n) is 4.43. The molecule has 0 aliphatic heterocycles. The van der Waals surface area contributed by atoms with Crippen LogP contribution in [0.4, 0.5) is 0 Å². The number of hydrogen-bond donors (Lipinski definition) is 0. The normalized spacial score (nSPS) is 10.0. The van der Waals surface area contributed by atoms with E-state index in [4.69, 9.17) is 14.2 Å².